The lowest BCUT2D eigenvalue weighted by molar-refractivity contribution is -0.157. The van der Waals surface area contributed by atoms with E-state index >= 15 is 0 Å². The van der Waals surface area contributed by atoms with Crippen LogP contribution in [0.1, 0.15) is 39.8 Å². The molecule has 1 aliphatic rings. The molecular formula is C15H20N4O4. The van der Waals surface area contributed by atoms with Crippen molar-refractivity contribution >= 4 is 17.1 Å². The number of rotatable bonds is 3. The van der Waals surface area contributed by atoms with Gasteiger partial charge in [-0.15, -0.1) is 0 Å². The SMILES string of the molecule is CC(C)(C)C(=O)OC[C@@H]1CC[C@H](n2cnc3c(=O)[nH]cnc32)O1. The summed E-state index contributed by atoms with van der Waals surface area (Å²) < 4.78 is 13.0. The average molecular weight is 320 g/mol. The Morgan fingerprint density at radius 2 is 2.22 bits per heavy atom. The Labute approximate surface area is 132 Å². The molecular weight excluding hydrogens is 300 g/mol. The minimum atomic E-state index is -0.524. The second kappa shape index (κ2) is 5.77. The smallest absolute Gasteiger partial charge is 0.311 e. The maximum Gasteiger partial charge on any atom is 0.311 e. The molecule has 1 fully saturated rings. The molecule has 0 bridgehead atoms. The van der Waals surface area contributed by atoms with E-state index in [0.29, 0.717) is 11.2 Å². The van der Waals surface area contributed by atoms with E-state index in [2.05, 4.69) is 15.0 Å². The lowest BCUT2D eigenvalue weighted by atomic mass is 9.97. The summed E-state index contributed by atoms with van der Waals surface area (Å²) in [7, 11) is 0. The number of aromatic amines is 1. The quantitative estimate of drug-likeness (QED) is 0.858. The molecule has 8 nitrogen and oxygen atoms in total. The first-order valence-corrected chi connectivity index (χ1v) is 7.59. The molecule has 2 aromatic heterocycles. The summed E-state index contributed by atoms with van der Waals surface area (Å²) in [6.07, 6.45) is 4.00. The van der Waals surface area contributed by atoms with Crippen molar-refractivity contribution in [3.05, 3.63) is 23.0 Å². The lowest BCUT2D eigenvalue weighted by Gasteiger charge is -2.19. The van der Waals surface area contributed by atoms with Crippen molar-refractivity contribution < 1.29 is 14.3 Å². The van der Waals surface area contributed by atoms with E-state index in [1.54, 1.807) is 10.9 Å². The van der Waals surface area contributed by atoms with Crippen molar-refractivity contribution in [3.8, 4) is 0 Å². The molecule has 0 aliphatic carbocycles. The molecule has 2 aromatic rings. The lowest BCUT2D eigenvalue weighted by Crippen LogP contribution is -2.27. The molecule has 0 radical (unpaired) electrons. The number of esters is 1. The highest BCUT2D eigenvalue weighted by Gasteiger charge is 2.30. The highest BCUT2D eigenvalue weighted by Crippen LogP contribution is 2.30. The number of carbonyl (C=O) groups excluding carboxylic acids is 1. The normalized spacial score (nSPS) is 21.7. The highest BCUT2D eigenvalue weighted by atomic mass is 16.6. The fourth-order valence-electron chi connectivity index (χ4n) is 2.47. The van der Waals surface area contributed by atoms with Gasteiger partial charge in [-0.25, -0.2) is 9.97 Å². The van der Waals surface area contributed by atoms with Crippen molar-refractivity contribution in [2.24, 2.45) is 5.41 Å². The van der Waals surface area contributed by atoms with Crippen LogP contribution in [0.4, 0.5) is 0 Å². The molecule has 124 valence electrons. The number of nitrogens with one attached hydrogen (secondary N) is 1. The number of hydrogen-bond donors (Lipinski definition) is 1. The minimum Gasteiger partial charge on any atom is -0.463 e. The summed E-state index contributed by atoms with van der Waals surface area (Å²) >= 11 is 0. The Bertz CT molecular complexity index is 774. The number of ether oxygens (including phenoxy) is 2. The van der Waals surface area contributed by atoms with Gasteiger partial charge in [0.1, 0.15) is 12.8 Å². The molecule has 3 rings (SSSR count). The molecule has 23 heavy (non-hydrogen) atoms. The topological polar surface area (TPSA) is 99.1 Å². The van der Waals surface area contributed by atoms with E-state index in [1.807, 2.05) is 20.8 Å². The maximum atomic E-state index is 11.8. The monoisotopic (exact) mass is 320 g/mol. The van der Waals surface area contributed by atoms with Gasteiger partial charge in [-0.2, -0.15) is 0 Å². The second-order valence-corrected chi connectivity index (χ2v) is 6.69. The maximum absolute atomic E-state index is 11.8. The van der Waals surface area contributed by atoms with Gasteiger partial charge in [0.25, 0.3) is 5.56 Å². The minimum absolute atomic E-state index is 0.161. The fraction of sp³-hybridized carbons (Fsp3) is 0.600. The Hall–Kier alpha value is -2.22. The standard InChI is InChI=1S/C15H20N4O4/c1-15(2,3)14(21)22-6-9-4-5-10(23-9)19-8-18-11-12(19)16-7-17-13(11)20/h7-10H,4-6H2,1-3H3,(H,16,17,20)/t9-,10+/m0/s1. The summed E-state index contributed by atoms with van der Waals surface area (Å²) in [4.78, 5) is 34.2. The van der Waals surface area contributed by atoms with Gasteiger partial charge in [-0.05, 0) is 33.6 Å². The average Bonchev–Trinajstić information content (AvgIpc) is 3.10. The molecule has 0 amide bonds. The molecule has 1 N–H and O–H groups in total. The van der Waals surface area contributed by atoms with E-state index < -0.39 is 5.41 Å². The van der Waals surface area contributed by atoms with Gasteiger partial charge >= 0.3 is 5.97 Å². The van der Waals surface area contributed by atoms with Crippen LogP contribution in [0, 0.1) is 5.41 Å². The number of hydrogen-bond acceptors (Lipinski definition) is 6. The number of imidazole rings is 1. The molecule has 2 atom stereocenters. The Kier molecular flexibility index (Phi) is 3.93. The van der Waals surface area contributed by atoms with Crippen molar-refractivity contribution in [2.75, 3.05) is 6.61 Å². The third-order valence-electron chi connectivity index (χ3n) is 3.77. The number of aromatic nitrogens is 4. The summed E-state index contributed by atoms with van der Waals surface area (Å²) in [6, 6.07) is 0. The summed E-state index contributed by atoms with van der Waals surface area (Å²) in [5.74, 6) is -0.245. The third-order valence-corrected chi connectivity index (χ3v) is 3.77. The molecule has 0 spiro atoms. The number of fused-ring (bicyclic) bond motifs is 1. The van der Waals surface area contributed by atoms with Gasteiger partial charge in [0, 0.05) is 0 Å². The van der Waals surface area contributed by atoms with Crippen LogP contribution in [0.5, 0.6) is 0 Å². The molecule has 3 heterocycles. The Morgan fingerprint density at radius 3 is 2.96 bits per heavy atom. The zero-order chi connectivity index (χ0) is 16.6. The zero-order valence-electron chi connectivity index (χ0n) is 13.4. The van der Waals surface area contributed by atoms with Crippen LogP contribution < -0.4 is 5.56 Å². The van der Waals surface area contributed by atoms with Gasteiger partial charge in [0.2, 0.25) is 0 Å². The highest BCUT2D eigenvalue weighted by molar-refractivity contribution is 5.75. The van der Waals surface area contributed by atoms with E-state index in [-0.39, 0.29) is 30.5 Å². The van der Waals surface area contributed by atoms with E-state index in [0.717, 1.165) is 12.8 Å². The summed E-state index contributed by atoms with van der Waals surface area (Å²) in [5, 5.41) is 0. The zero-order valence-corrected chi connectivity index (χ0v) is 13.4. The first-order chi connectivity index (χ1) is 10.9. The van der Waals surface area contributed by atoms with Crippen molar-refractivity contribution in [1.29, 1.82) is 0 Å². The third kappa shape index (κ3) is 3.12. The van der Waals surface area contributed by atoms with E-state index in [9.17, 15) is 9.59 Å². The number of nitrogens with zero attached hydrogens (tertiary/aromatic N) is 3. The van der Waals surface area contributed by atoms with Gasteiger partial charge < -0.3 is 14.5 Å². The molecule has 1 saturated heterocycles. The summed E-state index contributed by atoms with van der Waals surface area (Å²) in [6.45, 7) is 5.67. The van der Waals surface area contributed by atoms with Crippen LogP contribution >= 0.6 is 0 Å². The van der Waals surface area contributed by atoms with Crippen LogP contribution in [-0.2, 0) is 14.3 Å². The van der Waals surface area contributed by atoms with Crippen molar-refractivity contribution in [3.63, 3.8) is 0 Å². The van der Waals surface area contributed by atoms with Gasteiger partial charge in [0.05, 0.1) is 24.2 Å². The van der Waals surface area contributed by atoms with Gasteiger partial charge in [-0.3, -0.25) is 14.2 Å². The molecule has 0 unspecified atom stereocenters. The van der Waals surface area contributed by atoms with Crippen LogP contribution in [0.15, 0.2) is 17.4 Å². The second-order valence-electron chi connectivity index (χ2n) is 6.69. The molecule has 8 heteroatoms. The van der Waals surface area contributed by atoms with E-state index in [4.69, 9.17) is 9.47 Å². The largest absolute Gasteiger partial charge is 0.463 e. The Morgan fingerprint density at radius 1 is 1.43 bits per heavy atom. The molecule has 0 aromatic carbocycles. The van der Waals surface area contributed by atoms with Crippen LogP contribution in [0.3, 0.4) is 0 Å². The van der Waals surface area contributed by atoms with Gasteiger partial charge in [-0.1, -0.05) is 0 Å². The van der Waals surface area contributed by atoms with E-state index in [1.165, 1.54) is 6.33 Å². The van der Waals surface area contributed by atoms with Crippen molar-refractivity contribution in [1.82, 2.24) is 19.5 Å². The predicted octanol–water partition coefficient (Wildman–Crippen LogP) is 1.39. The molecule has 1 aliphatic heterocycles. The first kappa shape index (κ1) is 15.7. The van der Waals surface area contributed by atoms with Crippen LogP contribution in [0.25, 0.3) is 11.2 Å². The first-order valence-electron chi connectivity index (χ1n) is 7.59. The Balaban J connectivity index is 1.67. The summed E-state index contributed by atoms with van der Waals surface area (Å²) in [5.41, 5.74) is -0.0176. The number of carbonyl (C=O) groups is 1. The van der Waals surface area contributed by atoms with Gasteiger partial charge in [0.15, 0.2) is 11.2 Å². The van der Waals surface area contributed by atoms with Crippen LogP contribution in [-0.4, -0.2) is 38.2 Å². The van der Waals surface area contributed by atoms with Crippen molar-refractivity contribution in [2.45, 2.75) is 45.9 Å². The number of H-pyrrole nitrogens is 1. The van der Waals surface area contributed by atoms with Crippen LogP contribution in [0.2, 0.25) is 0 Å². The predicted molar refractivity (Wildman–Crippen MR) is 81.7 cm³/mol. The fourth-order valence-corrected chi connectivity index (χ4v) is 2.47. The molecule has 0 saturated carbocycles.